The van der Waals surface area contributed by atoms with E-state index in [1.54, 1.807) is 0 Å². The van der Waals surface area contributed by atoms with Gasteiger partial charge in [0.2, 0.25) is 0 Å². The van der Waals surface area contributed by atoms with Gasteiger partial charge in [0.1, 0.15) is 0 Å². The number of alkyl halides is 9. The van der Waals surface area contributed by atoms with Crippen LogP contribution in [-0.4, -0.2) is 64.0 Å². The summed E-state index contributed by atoms with van der Waals surface area (Å²) in [5.74, 6) is -13.2. The molecule has 0 amide bonds. The average Bonchev–Trinajstić information content (AvgIpc) is 1.97. The van der Waals surface area contributed by atoms with E-state index in [1.165, 1.54) is 0 Å². The van der Waals surface area contributed by atoms with Crippen molar-refractivity contribution in [1.29, 1.82) is 0 Å². The molecule has 0 saturated heterocycles. The third kappa shape index (κ3) is 5.53. The van der Waals surface area contributed by atoms with Crippen LogP contribution < -0.4 is 0 Å². The molecule has 0 aliphatic heterocycles. The van der Waals surface area contributed by atoms with Crippen molar-refractivity contribution in [2.45, 2.75) is 36.8 Å². The molecule has 0 heterocycles. The van der Waals surface area contributed by atoms with Gasteiger partial charge >= 0.3 is 118 Å². The molecular weight excluding hydrogens is 501 g/mol. The Labute approximate surface area is 118 Å². The Bertz CT molecular complexity index is 228. The molecule has 0 atom stereocenters. The van der Waals surface area contributed by atoms with E-state index >= 15 is 0 Å². The molecule has 0 aliphatic rings. The molecule has 0 spiro atoms. The Balaban J connectivity index is 0. The van der Waals surface area contributed by atoms with Gasteiger partial charge < -0.3 is 0 Å². The molecule has 0 saturated carbocycles. The van der Waals surface area contributed by atoms with Crippen LogP contribution in [0, 0.1) is 0 Å². The van der Waals surface area contributed by atoms with Crippen molar-refractivity contribution < 1.29 is 39.5 Å². The monoisotopic (exact) mass is 514 g/mol. The average molecular weight is 510 g/mol. The summed E-state index contributed by atoms with van der Waals surface area (Å²) in [6, 6.07) is 0. The summed E-state index contributed by atoms with van der Waals surface area (Å²) >= 11 is -1.34. The van der Waals surface area contributed by atoms with E-state index in [9.17, 15) is 39.5 Å². The maximum atomic E-state index is 12.0. The summed E-state index contributed by atoms with van der Waals surface area (Å²) in [6.07, 6.45) is -6.72. The second-order valence-corrected chi connectivity index (χ2v) is 13.7. The molecule has 0 aliphatic carbocycles. The van der Waals surface area contributed by atoms with Gasteiger partial charge in [-0.2, -0.15) is 0 Å². The Morgan fingerprint density at radius 1 is 0.667 bits per heavy atom. The number of hydrogen-bond acceptors (Lipinski definition) is 0. The van der Waals surface area contributed by atoms with Crippen LogP contribution in [0.3, 0.4) is 0 Å². The van der Waals surface area contributed by atoms with Crippen LogP contribution in [0.25, 0.3) is 0 Å². The molecule has 0 unspecified atom stereocenters. The van der Waals surface area contributed by atoms with E-state index in [1.807, 2.05) is 0 Å². The first-order chi connectivity index (χ1) is 7.48. The topological polar surface area (TPSA) is 0 Å². The number of halogens is 9. The molecule has 0 aromatic rings. The molecule has 0 bridgehead atoms. The van der Waals surface area contributed by atoms with E-state index in [-0.39, 0.29) is 0 Å². The van der Waals surface area contributed by atoms with Gasteiger partial charge in [-0.1, -0.05) is 0 Å². The first kappa shape index (κ1) is 21.3. The Hall–Kier alpha value is 0.958. The standard InChI is InChI=1S/C4F9Te.3CH3.Sn/c5-1(6,3(9,10)11)2(7,8)4(12,13)14;;;;/h;3*1H3;. The molecular formula is C7H9F9SnTe. The van der Waals surface area contributed by atoms with Gasteiger partial charge in [0.25, 0.3) is 0 Å². The fourth-order valence-electron chi connectivity index (χ4n) is 0.361. The molecule has 0 nitrogen and oxygen atoms in total. The van der Waals surface area contributed by atoms with Crippen molar-refractivity contribution in [3.8, 4) is 0 Å². The van der Waals surface area contributed by atoms with Crippen LogP contribution in [-0.2, 0) is 0 Å². The number of hydrogen-bond donors (Lipinski definition) is 0. The molecule has 0 rings (SSSR count). The van der Waals surface area contributed by atoms with E-state index in [0.29, 0.717) is 0 Å². The van der Waals surface area contributed by atoms with Crippen molar-refractivity contribution in [2.24, 2.45) is 0 Å². The van der Waals surface area contributed by atoms with Crippen LogP contribution in [0.15, 0.2) is 0 Å². The Morgan fingerprint density at radius 3 is 0.944 bits per heavy atom. The minimum atomic E-state index is -6.76. The third-order valence-electron chi connectivity index (χ3n) is 1.12. The first-order valence-electron chi connectivity index (χ1n) is 4.15. The normalized spacial score (nSPS) is 14.3. The summed E-state index contributed by atoms with van der Waals surface area (Å²) in [4.78, 5) is 7.09. The quantitative estimate of drug-likeness (QED) is 0.390. The van der Waals surface area contributed by atoms with E-state index in [0.717, 1.165) is 0 Å². The van der Waals surface area contributed by atoms with Crippen LogP contribution in [0.4, 0.5) is 39.5 Å². The van der Waals surface area contributed by atoms with Crippen molar-refractivity contribution >= 4 is 42.1 Å². The summed E-state index contributed by atoms with van der Waals surface area (Å²) in [6.45, 7) is 0. The zero-order valence-electron chi connectivity index (χ0n) is 9.31. The van der Waals surface area contributed by atoms with Crippen LogP contribution in [0.2, 0.25) is 14.8 Å². The van der Waals surface area contributed by atoms with Crippen molar-refractivity contribution in [2.75, 3.05) is 0 Å². The Kier molecular flexibility index (Phi) is 7.80. The van der Waals surface area contributed by atoms with E-state index < -0.39 is 64.0 Å². The second-order valence-electron chi connectivity index (χ2n) is 3.66. The summed E-state index contributed by atoms with van der Waals surface area (Å²) in [5, 5.41) is 0. The van der Waals surface area contributed by atoms with E-state index in [2.05, 4.69) is 14.8 Å². The molecule has 11 heteroatoms. The van der Waals surface area contributed by atoms with Gasteiger partial charge in [0.05, 0.1) is 0 Å². The molecule has 0 aromatic heterocycles. The summed E-state index contributed by atoms with van der Waals surface area (Å²) < 4.78 is 99.7. The van der Waals surface area contributed by atoms with Crippen LogP contribution in [0.1, 0.15) is 0 Å². The van der Waals surface area contributed by atoms with Gasteiger partial charge in [-0.3, -0.25) is 0 Å². The van der Waals surface area contributed by atoms with Crippen LogP contribution in [0.5, 0.6) is 0 Å². The molecule has 0 aromatic carbocycles. The molecule has 110 valence electrons. The zero-order chi connectivity index (χ0) is 15.6. The van der Waals surface area contributed by atoms with E-state index in [4.69, 9.17) is 0 Å². The van der Waals surface area contributed by atoms with Gasteiger partial charge in [-0.25, -0.2) is 0 Å². The van der Waals surface area contributed by atoms with Crippen molar-refractivity contribution in [1.82, 2.24) is 0 Å². The summed E-state index contributed by atoms with van der Waals surface area (Å²) in [7, 11) is 0. The van der Waals surface area contributed by atoms with Crippen LogP contribution >= 0.6 is 0 Å². The third-order valence-corrected chi connectivity index (χ3v) is 1.85. The zero-order valence-corrected chi connectivity index (χ0v) is 14.5. The molecule has 0 fully saturated rings. The Morgan fingerprint density at radius 2 is 0.889 bits per heavy atom. The van der Waals surface area contributed by atoms with Gasteiger partial charge in [-0.05, 0) is 0 Å². The predicted molar refractivity (Wildman–Crippen MR) is 50.0 cm³/mol. The maximum absolute atomic E-state index is 12.0. The van der Waals surface area contributed by atoms with Gasteiger partial charge in [0, 0.05) is 0 Å². The van der Waals surface area contributed by atoms with Crippen molar-refractivity contribution in [3.63, 3.8) is 0 Å². The second kappa shape index (κ2) is 6.61. The van der Waals surface area contributed by atoms with Gasteiger partial charge in [-0.15, -0.1) is 0 Å². The number of rotatable bonds is 2. The van der Waals surface area contributed by atoms with Gasteiger partial charge in [0.15, 0.2) is 0 Å². The summed E-state index contributed by atoms with van der Waals surface area (Å²) in [5.41, 5.74) is 0. The molecule has 18 heavy (non-hydrogen) atoms. The predicted octanol–water partition coefficient (Wildman–Crippen LogP) is 3.95. The first-order valence-corrected chi connectivity index (χ1v) is 13.9. The fraction of sp³-hybridized carbons (Fsp3) is 1.00. The fourth-order valence-corrected chi connectivity index (χ4v) is 0.727. The minimum absolute atomic E-state index is 0.543. The molecule has 2 radical (unpaired) electrons. The SMILES string of the molecule is FC(F)(F)C(F)(F)C(F)(F)C(F)(F)[Te].[CH3][Sn]([CH3])[CH3]. The van der Waals surface area contributed by atoms with Crippen molar-refractivity contribution in [3.05, 3.63) is 0 Å². The molecule has 0 N–H and O–H groups in total.